The Balaban J connectivity index is 2.51. The minimum atomic E-state index is -0.562. The Morgan fingerprint density at radius 2 is 2.29 bits per heavy atom. The van der Waals surface area contributed by atoms with Crippen LogP contribution in [0.5, 0.6) is 0 Å². The molecule has 1 aromatic rings. The molecule has 1 aliphatic rings. The number of carbonyl (C=O) groups is 1. The zero-order valence-corrected chi connectivity index (χ0v) is 8.43. The smallest absolute Gasteiger partial charge is 0.228 e. The number of fused-ring (bicyclic) bond motifs is 1. The van der Waals surface area contributed by atoms with Gasteiger partial charge in [0.1, 0.15) is 0 Å². The molecule has 1 heterocycles. The Bertz CT molecular complexity index is 401. The van der Waals surface area contributed by atoms with Gasteiger partial charge in [-0.05, 0) is 24.1 Å². The number of hydrogen-bond donors (Lipinski definition) is 2. The molecule has 1 unspecified atom stereocenters. The predicted molar refractivity (Wildman–Crippen MR) is 54.4 cm³/mol. The van der Waals surface area contributed by atoms with E-state index in [-0.39, 0.29) is 5.91 Å². The molecule has 4 heteroatoms. The second kappa shape index (κ2) is 3.26. The lowest BCUT2D eigenvalue weighted by Crippen LogP contribution is -2.03. The van der Waals surface area contributed by atoms with E-state index in [1.807, 2.05) is 6.07 Å². The number of hydrogen-bond acceptors (Lipinski definition) is 2. The molecule has 0 saturated heterocycles. The maximum Gasteiger partial charge on any atom is 0.228 e. The maximum absolute atomic E-state index is 11.1. The van der Waals surface area contributed by atoms with Gasteiger partial charge in [-0.2, -0.15) is 0 Å². The lowest BCUT2D eigenvalue weighted by Gasteiger charge is -2.08. The van der Waals surface area contributed by atoms with Gasteiger partial charge in [0.2, 0.25) is 5.91 Å². The minimum Gasteiger partial charge on any atom is -0.389 e. The molecule has 0 radical (unpaired) electrons. The van der Waals surface area contributed by atoms with Crippen LogP contribution in [0.15, 0.2) is 12.1 Å². The molecule has 0 spiro atoms. The minimum absolute atomic E-state index is 0.0513. The zero-order valence-electron chi connectivity index (χ0n) is 7.67. The highest BCUT2D eigenvalue weighted by Crippen LogP contribution is 2.33. The largest absolute Gasteiger partial charge is 0.389 e. The summed E-state index contributed by atoms with van der Waals surface area (Å²) >= 11 is 5.96. The molecule has 1 amide bonds. The van der Waals surface area contributed by atoms with Crippen LogP contribution in [0, 0.1) is 0 Å². The van der Waals surface area contributed by atoms with Crippen molar-refractivity contribution in [3.8, 4) is 0 Å². The van der Waals surface area contributed by atoms with Gasteiger partial charge in [-0.3, -0.25) is 4.79 Å². The van der Waals surface area contributed by atoms with Crippen LogP contribution in [0.3, 0.4) is 0 Å². The van der Waals surface area contributed by atoms with Crippen LogP contribution in [0.2, 0.25) is 5.02 Å². The summed E-state index contributed by atoms with van der Waals surface area (Å²) in [7, 11) is 0. The van der Waals surface area contributed by atoms with Crippen LogP contribution in [-0.2, 0) is 11.2 Å². The molecule has 2 rings (SSSR count). The molecule has 74 valence electrons. The van der Waals surface area contributed by atoms with Crippen molar-refractivity contribution in [1.82, 2.24) is 0 Å². The number of aliphatic hydroxyl groups is 1. The quantitative estimate of drug-likeness (QED) is 0.745. The van der Waals surface area contributed by atoms with Crippen molar-refractivity contribution in [2.24, 2.45) is 0 Å². The number of benzene rings is 1. The average molecular weight is 212 g/mol. The first-order valence-corrected chi connectivity index (χ1v) is 4.76. The number of amides is 1. The Morgan fingerprint density at radius 3 is 2.93 bits per heavy atom. The molecule has 1 aromatic carbocycles. The van der Waals surface area contributed by atoms with E-state index < -0.39 is 6.10 Å². The summed E-state index contributed by atoms with van der Waals surface area (Å²) in [5.74, 6) is -0.0513. The fraction of sp³-hybridized carbons (Fsp3) is 0.300. The monoisotopic (exact) mass is 211 g/mol. The lowest BCUT2D eigenvalue weighted by atomic mass is 10.1. The van der Waals surface area contributed by atoms with E-state index in [1.165, 1.54) is 0 Å². The Kier molecular flexibility index (Phi) is 2.21. The molecule has 14 heavy (non-hydrogen) atoms. The molecule has 0 fully saturated rings. The summed E-state index contributed by atoms with van der Waals surface area (Å²) in [5, 5.41) is 12.6. The molecule has 0 aromatic heterocycles. The number of carbonyl (C=O) groups excluding carboxylic acids is 1. The van der Waals surface area contributed by atoms with E-state index in [1.54, 1.807) is 13.0 Å². The van der Waals surface area contributed by atoms with Gasteiger partial charge >= 0.3 is 0 Å². The van der Waals surface area contributed by atoms with E-state index in [0.29, 0.717) is 17.1 Å². The summed E-state index contributed by atoms with van der Waals surface area (Å²) in [6.07, 6.45) is -0.219. The molecule has 1 atom stereocenters. The number of aliphatic hydroxyl groups excluding tert-OH is 1. The first-order valence-electron chi connectivity index (χ1n) is 4.38. The third-order valence-corrected chi connectivity index (χ3v) is 2.59. The van der Waals surface area contributed by atoms with E-state index in [4.69, 9.17) is 11.6 Å². The highest BCUT2D eigenvalue weighted by molar-refractivity contribution is 6.34. The van der Waals surface area contributed by atoms with E-state index in [9.17, 15) is 9.90 Å². The number of halogens is 1. The topological polar surface area (TPSA) is 49.3 Å². The number of nitrogens with one attached hydrogen (secondary N) is 1. The molecule has 0 bridgehead atoms. The highest BCUT2D eigenvalue weighted by atomic mass is 35.5. The summed E-state index contributed by atoms with van der Waals surface area (Å²) in [5.41, 5.74) is 2.28. The van der Waals surface area contributed by atoms with Gasteiger partial charge in [-0.1, -0.05) is 17.7 Å². The van der Waals surface area contributed by atoms with Crippen LogP contribution in [-0.4, -0.2) is 11.0 Å². The summed E-state index contributed by atoms with van der Waals surface area (Å²) in [6.45, 7) is 1.67. The molecule has 3 nitrogen and oxygen atoms in total. The van der Waals surface area contributed by atoms with Crippen LogP contribution in [0.4, 0.5) is 5.69 Å². The first-order chi connectivity index (χ1) is 6.58. The van der Waals surface area contributed by atoms with E-state index in [0.717, 1.165) is 11.1 Å². The number of anilines is 1. The van der Waals surface area contributed by atoms with Crippen molar-refractivity contribution in [2.45, 2.75) is 19.4 Å². The van der Waals surface area contributed by atoms with Crippen molar-refractivity contribution in [2.75, 3.05) is 5.32 Å². The standard InChI is InChI=1S/C10H10ClNO2/c1-5(13)6-2-7-4-9(14)12-10(7)8(11)3-6/h2-3,5,13H,4H2,1H3,(H,12,14). The predicted octanol–water partition coefficient (Wildman–Crippen LogP) is 1.89. The second-order valence-corrected chi connectivity index (χ2v) is 3.84. The van der Waals surface area contributed by atoms with Crippen molar-refractivity contribution in [3.63, 3.8) is 0 Å². The van der Waals surface area contributed by atoms with Gasteiger partial charge < -0.3 is 10.4 Å². The Labute approximate surface area is 86.7 Å². The van der Waals surface area contributed by atoms with Gasteiger partial charge in [-0.25, -0.2) is 0 Å². The number of rotatable bonds is 1. The summed E-state index contributed by atoms with van der Waals surface area (Å²) in [6, 6.07) is 3.49. The third kappa shape index (κ3) is 1.49. The van der Waals surface area contributed by atoms with Crippen molar-refractivity contribution in [1.29, 1.82) is 0 Å². The summed E-state index contributed by atoms with van der Waals surface area (Å²) < 4.78 is 0. The van der Waals surface area contributed by atoms with Crippen molar-refractivity contribution >= 4 is 23.2 Å². The lowest BCUT2D eigenvalue weighted by molar-refractivity contribution is -0.115. The van der Waals surface area contributed by atoms with Crippen molar-refractivity contribution < 1.29 is 9.90 Å². The van der Waals surface area contributed by atoms with Gasteiger partial charge in [0.05, 0.1) is 23.2 Å². The van der Waals surface area contributed by atoms with Crippen LogP contribution >= 0.6 is 11.6 Å². The third-order valence-electron chi connectivity index (χ3n) is 2.29. The van der Waals surface area contributed by atoms with E-state index >= 15 is 0 Å². The Morgan fingerprint density at radius 1 is 1.57 bits per heavy atom. The van der Waals surface area contributed by atoms with Gasteiger partial charge in [0.25, 0.3) is 0 Å². The van der Waals surface area contributed by atoms with Gasteiger partial charge in [0.15, 0.2) is 0 Å². The van der Waals surface area contributed by atoms with Crippen LogP contribution in [0.1, 0.15) is 24.2 Å². The second-order valence-electron chi connectivity index (χ2n) is 3.44. The molecule has 0 saturated carbocycles. The van der Waals surface area contributed by atoms with Crippen LogP contribution in [0.25, 0.3) is 0 Å². The van der Waals surface area contributed by atoms with Crippen molar-refractivity contribution in [3.05, 3.63) is 28.3 Å². The first kappa shape index (κ1) is 9.49. The molecular weight excluding hydrogens is 202 g/mol. The fourth-order valence-corrected chi connectivity index (χ4v) is 1.86. The van der Waals surface area contributed by atoms with E-state index in [2.05, 4.69) is 5.32 Å². The fourth-order valence-electron chi connectivity index (χ4n) is 1.56. The van der Waals surface area contributed by atoms with Gasteiger partial charge in [0, 0.05) is 0 Å². The average Bonchev–Trinajstić information content (AvgIpc) is 2.45. The molecule has 1 aliphatic heterocycles. The van der Waals surface area contributed by atoms with Gasteiger partial charge in [-0.15, -0.1) is 0 Å². The SMILES string of the molecule is CC(O)c1cc(Cl)c2c(c1)CC(=O)N2. The molecule has 2 N–H and O–H groups in total. The summed E-state index contributed by atoms with van der Waals surface area (Å²) in [4.78, 5) is 11.1. The maximum atomic E-state index is 11.1. The normalized spacial score (nSPS) is 16.4. The Hall–Kier alpha value is -1.06. The molecular formula is C10H10ClNO2. The molecule has 0 aliphatic carbocycles. The highest BCUT2D eigenvalue weighted by Gasteiger charge is 2.21. The zero-order chi connectivity index (χ0) is 10.3. The van der Waals surface area contributed by atoms with Crippen LogP contribution < -0.4 is 5.32 Å².